The monoisotopic (exact) mass is 332 g/mol. The lowest BCUT2D eigenvalue weighted by molar-refractivity contribution is -0.136. The topological polar surface area (TPSA) is 78.4 Å². The lowest BCUT2D eigenvalue weighted by Crippen LogP contribution is -2.42. The van der Waals surface area contributed by atoms with Crippen molar-refractivity contribution in [1.82, 2.24) is 5.32 Å². The molecule has 0 aliphatic heterocycles. The Bertz CT molecular complexity index is 548. The molecule has 2 rings (SSSR count). The van der Waals surface area contributed by atoms with Crippen molar-refractivity contribution < 1.29 is 14.7 Å². The maximum Gasteiger partial charge on any atom is 0.313 e. The van der Waals surface area contributed by atoms with Gasteiger partial charge in [0.1, 0.15) is 0 Å². The predicted octanol–water partition coefficient (Wildman–Crippen LogP) is 2.81. The van der Waals surface area contributed by atoms with Gasteiger partial charge in [0.15, 0.2) is 0 Å². The van der Waals surface area contributed by atoms with E-state index >= 15 is 0 Å². The summed E-state index contributed by atoms with van der Waals surface area (Å²) in [5.74, 6) is -0.772. The van der Waals surface area contributed by atoms with Crippen molar-refractivity contribution >= 4 is 17.5 Å². The molecule has 0 bridgehead atoms. The lowest BCUT2D eigenvalue weighted by Gasteiger charge is -2.26. The maximum absolute atomic E-state index is 11.9. The lowest BCUT2D eigenvalue weighted by atomic mass is 9.85. The quantitative estimate of drug-likeness (QED) is 0.726. The van der Waals surface area contributed by atoms with Crippen LogP contribution in [-0.2, 0) is 9.59 Å². The molecule has 3 N–H and O–H groups in total. The summed E-state index contributed by atoms with van der Waals surface area (Å²) in [5, 5.41) is 15.2. The first-order valence-electron chi connectivity index (χ1n) is 8.84. The van der Waals surface area contributed by atoms with Gasteiger partial charge in [0.05, 0.1) is 6.10 Å². The van der Waals surface area contributed by atoms with E-state index < -0.39 is 17.9 Å². The molecule has 0 heterocycles. The summed E-state index contributed by atoms with van der Waals surface area (Å²) in [7, 11) is 0. The zero-order chi connectivity index (χ0) is 17.5. The number of hydrogen-bond donors (Lipinski definition) is 3. The average Bonchev–Trinajstić information content (AvgIpc) is 2.60. The van der Waals surface area contributed by atoms with Crippen LogP contribution in [0.1, 0.15) is 57.4 Å². The highest BCUT2D eigenvalue weighted by Crippen LogP contribution is 2.26. The second-order valence-corrected chi connectivity index (χ2v) is 6.91. The molecule has 24 heavy (non-hydrogen) atoms. The van der Waals surface area contributed by atoms with Crippen LogP contribution < -0.4 is 10.6 Å². The molecule has 1 aromatic carbocycles. The standard InChI is InChI=1S/C19H28N2O3/c1-13(2)14-8-10-16(11-9-14)21-19(24)18(23)20-12-17(22)15-6-4-3-5-7-15/h8-11,13,15,17,22H,3-7,12H2,1-2H3,(H,20,23)(H,21,24). The van der Waals surface area contributed by atoms with E-state index in [9.17, 15) is 14.7 Å². The Morgan fingerprint density at radius 2 is 1.71 bits per heavy atom. The zero-order valence-corrected chi connectivity index (χ0v) is 14.5. The van der Waals surface area contributed by atoms with Gasteiger partial charge in [0.25, 0.3) is 0 Å². The first-order chi connectivity index (χ1) is 11.5. The highest BCUT2D eigenvalue weighted by Gasteiger charge is 2.23. The summed E-state index contributed by atoms with van der Waals surface area (Å²) >= 11 is 0. The van der Waals surface area contributed by atoms with Gasteiger partial charge in [0, 0.05) is 12.2 Å². The van der Waals surface area contributed by atoms with Gasteiger partial charge >= 0.3 is 11.8 Å². The van der Waals surface area contributed by atoms with Crippen molar-refractivity contribution in [1.29, 1.82) is 0 Å². The summed E-state index contributed by atoms with van der Waals surface area (Å²) in [6, 6.07) is 7.45. The fourth-order valence-corrected chi connectivity index (χ4v) is 3.10. The van der Waals surface area contributed by atoms with E-state index in [2.05, 4.69) is 24.5 Å². The fraction of sp³-hybridized carbons (Fsp3) is 0.579. The van der Waals surface area contributed by atoms with Crippen LogP contribution in [0.2, 0.25) is 0 Å². The number of hydrogen-bond acceptors (Lipinski definition) is 3. The molecule has 1 aliphatic rings. The van der Waals surface area contributed by atoms with E-state index in [4.69, 9.17) is 0 Å². The third-order valence-corrected chi connectivity index (χ3v) is 4.71. The number of anilines is 1. The molecule has 1 aliphatic carbocycles. The third-order valence-electron chi connectivity index (χ3n) is 4.71. The predicted molar refractivity (Wildman–Crippen MR) is 94.8 cm³/mol. The summed E-state index contributed by atoms with van der Waals surface area (Å²) in [5.41, 5.74) is 1.76. The molecule has 1 aromatic rings. The molecule has 5 nitrogen and oxygen atoms in total. The summed E-state index contributed by atoms with van der Waals surface area (Å²) in [6.07, 6.45) is 4.88. The minimum absolute atomic E-state index is 0.128. The van der Waals surface area contributed by atoms with Gasteiger partial charge < -0.3 is 15.7 Å². The summed E-state index contributed by atoms with van der Waals surface area (Å²) in [6.45, 7) is 4.32. The minimum Gasteiger partial charge on any atom is -0.391 e. The summed E-state index contributed by atoms with van der Waals surface area (Å²) < 4.78 is 0. The molecular formula is C19H28N2O3. The number of benzene rings is 1. The fourth-order valence-electron chi connectivity index (χ4n) is 3.10. The van der Waals surface area contributed by atoms with Crippen LogP contribution in [0.4, 0.5) is 5.69 Å². The molecule has 5 heteroatoms. The number of carbonyl (C=O) groups is 2. The molecule has 0 radical (unpaired) electrons. The van der Waals surface area contributed by atoms with E-state index in [-0.39, 0.29) is 12.5 Å². The maximum atomic E-state index is 11.9. The van der Waals surface area contributed by atoms with Gasteiger partial charge in [-0.3, -0.25) is 9.59 Å². The van der Waals surface area contributed by atoms with Crippen LogP contribution in [0.15, 0.2) is 24.3 Å². The number of amides is 2. The number of rotatable bonds is 5. The van der Waals surface area contributed by atoms with E-state index in [1.165, 1.54) is 12.0 Å². The van der Waals surface area contributed by atoms with E-state index in [1.54, 1.807) is 12.1 Å². The second-order valence-electron chi connectivity index (χ2n) is 6.91. The smallest absolute Gasteiger partial charge is 0.313 e. The average molecular weight is 332 g/mol. The van der Waals surface area contributed by atoms with Gasteiger partial charge in [0.2, 0.25) is 0 Å². The third kappa shape index (κ3) is 5.34. The van der Waals surface area contributed by atoms with Gasteiger partial charge in [-0.1, -0.05) is 45.2 Å². The molecular weight excluding hydrogens is 304 g/mol. The minimum atomic E-state index is -0.710. The van der Waals surface area contributed by atoms with Crippen LogP contribution in [0, 0.1) is 5.92 Å². The summed E-state index contributed by atoms with van der Waals surface area (Å²) in [4.78, 5) is 23.8. The van der Waals surface area contributed by atoms with Crippen LogP contribution in [-0.4, -0.2) is 29.6 Å². The molecule has 0 aromatic heterocycles. The largest absolute Gasteiger partial charge is 0.391 e. The van der Waals surface area contributed by atoms with Crippen LogP contribution in [0.25, 0.3) is 0 Å². The highest BCUT2D eigenvalue weighted by atomic mass is 16.3. The Kier molecular flexibility index (Phi) is 6.79. The van der Waals surface area contributed by atoms with Gasteiger partial charge in [-0.05, 0) is 42.4 Å². The van der Waals surface area contributed by atoms with Crippen molar-refractivity contribution in [3.63, 3.8) is 0 Å². The first kappa shape index (κ1) is 18.5. The normalized spacial score (nSPS) is 16.7. The number of aliphatic hydroxyl groups excluding tert-OH is 1. The number of aliphatic hydroxyl groups is 1. The SMILES string of the molecule is CC(C)c1ccc(NC(=O)C(=O)NCC(O)C2CCCCC2)cc1. The molecule has 1 unspecified atom stereocenters. The molecule has 1 atom stereocenters. The van der Waals surface area contributed by atoms with Gasteiger partial charge in [-0.25, -0.2) is 0 Å². The second kappa shape index (κ2) is 8.83. The van der Waals surface area contributed by atoms with Crippen molar-refractivity contribution in [2.45, 2.75) is 58.0 Å². The van der Waals surface area contributed by atoms with Crippen molar-refractivity contribution in [2.75, 3.05) is 11.9 Å². The van der Waals surface area contributed by atoms with Gasteiger partial charge in [-0.15, -0.1) is 0 Å². The molecule has 2 amide bonds. The van der Waals surface area contributed by atoms with E-state index in [0.717, 1.165) is 25.7 Å². The van der Waals surface area contributed by atoms with E-state index in [0.29, 0.717) is 11.6 Å². The molecule has 0 saturated heterocycles. The number of carbonyl (C=O) groups excluding carboxylic acids is 2. The van der Waals surface area contributed by atoms with Crippen LogP contribution >= 0.6 is 0 Å². The molecule has 1 saturated carbocycles. The van der Waals surface area contributed by atoms with Crippen molar-refractivity contribution in [2.24, 2.45) is 5.92 Å². The Labute approximate surface area is 143 Å². The molecule has 132 valence electrons. The Morgan fingerprint density at radius 3 is 2.29 bits per heavy atom. The van der Waals surface area contributed by atoms with Crippen molar-refractivity contribution in [3.8, 4) is 0 Å². The molecule has 0 spiro atoms. The Balaban J connectivity index is 1.78. The van der Waals surface area contributed by atoms with Crippen LogP contribution in [0.3, 0.4) is 0 Å². The van der Waals surface area contributed by atoms with Crippen molar-refractivity contribution in [3.05, 3.63) is 29.8 Å². The Hall–Kier alpha value is -1.88. The molecule has 1 fully saturated rings. The first-order valence-corrected chi connectivity index (χ1v) is 8.84. The van der Waals surface area contributed by atoms with Crippen LogP contribution in [0.5, 0.6) is 0 Å². The number of nitrogens with one attached hydrogen (secondary N) is 2. The zero-order valence-electron chi connectivity index (χ0n) is 14.5. The van der Waals surface area contributed by atoms with Gasteiger partial charge in [-0.2, -0.15) is 0 Å². The van der Waals surface area contributed by atoms with E-state index in [1.807, 2.05) is 12.1 Å². The highest BCUT2D eigenvalue weighted by molar-refractivity contribution is 6.39. The Morgan fingerprint density at radius 1 is 1.08 bits per heavy atom.